The van der Waals surface area contributed by atoms with Crippen molar-refractivity contribution < 1.29 is 9.53 Å². The Morgan fingerprint density at radius 2 is 1.77 bits per heavy atom. The van der Waals surface area contributed by atoms with Crippen molar-refractivity contribution >= 4 is 16.7 Å². The molecule has 6 nitrogen and oxygen atoms in total. The minimum absolute atomic E-state index is 0.00787. The van der Waals surface area contributed by atoms with E-state index in [2.05, 4.69) is 5.10 Å². The van der Waals surface area contributed by atoms with Crippen LogP contribution >= 0.6 is 0 Å². The lowest BCUT2D eigenvalue weighted by atomic mass is 10.1. The SMILES string of the molecule is C[C@@H]1CN(C(=O)c2nn(C)c(=O)c3ccccc23)C[C@@H](C)O1. The van der Waals surface area contributed by atoms with E-state index in [4.69, 9.17) is 4.74 Å². The molecule has 1 aromatic heterocycles. The Balaban J connectivity index is 2.08. The summed E-state index contributed by atoms with van der Waals surface area (Å²) in [4.78, 5) is 26.7. The molecule has 3 rings (SSSR count). The molecule has 2 aromatic rings. The number of hydrogen-bond acceptors (Lipinski definition) is 4. The van der Waals surface area contributed by atoms with E-state index in [9.17, 15) is 9.59 Å². The van der Waals surface area contributed by atoms with Gasteiger partial charge in [0.25, 0.3) is 11.5 Å². The highest BCUT2D eigenvalue weighted by molar-refractivity contribution is 6.04. The van der Waals surface area contributed by atoms with Crippen LogP contribution in [0.5, 0.6) is 0 Å². The van der Waals surface area contributed by atoms with E-state index in [0.29, 0.717) is 29.6 Å². The number of amides is 1. The van der Waals surface area contributed by atoms with Gasteiger partial charge in [-0.3, -0.25) is 9.59 Å². The summed E-state index contributed by atoms with van der Waals surface area (Å²) in [5.41, 5.74) is 0.120. The fourth-order valence-corrected chi connectivity index (χ4v) is 2.95. The summed E-state index contributed by atoms with van der Waals surface area (Å²) in [6, 6.07) is 7.09. The van der Waals surface area contributed by atoms with Crippen LogP contribution in [-0.2, 0) is 11.8 Å². The van der Waals surface area contributed by atoms with Crippen molar-refractivity contribution in [3.8, 4) is 0 Å². The van der Waals surface area contributed by atoms with Crippen molar-refractivity contribution in [2.24, 2.45) is 7.05 Å². The average Bonchev–Trinajstić information content (AvgIpc) is 2.49. The summed E-state index contributed by atoms with van der Waals surface area (Å²) in [7, 11) is 1.57. The fraction of sp³-hybridized carbons (Fsp3) is 0.438. The number of benzene rings is 1. The number of nitrogens with zero attached hydrogens (tertiary/aromatic N) is 3. The first-order chi connectivity index (χ1) is 10.5. The molecule has 0 unspecified atom stereocenters. The third kappa shape index (κ3) is 2.50. The number of morpholine rings is 1. The highest BCUT2D eigenvalue weighted by Crippen LogP contribution is 2.18. The maximum atomic E-state index is 12.9. The van der Waals surface area contributed by atoms with Crippen molar-refractivity contribution in [2.75, 3.05) is 13.1 Å². The molecule has 2 atom stereocenters. The molecule has 0 radical (unpaired) electrons. The zero-order chi connectivity index (χ0) is 15.9. The molecule has 0 N–H and O–H groups in total. The van der Waals surface area contributed by atoms with Gasteiger partial charge in [0, 0.05) is 25.5 Å². The Hall–Kier alpha value is -2.21. The third-order valence-corrected chi connectivity index (χ3v) is 3.87. The van der Waals surface area contributed by atoms with Gasteiger partial charge >= 0.3 is 0 Å². The Kier molecular flexibility index (Phi) is 3.70. The van der Waals surface area contributed by atoms with Crippen LogP contribution in [0.25, 0.3) is 10.8 Å². The van der Waals surface area contributed by atoms with E-state index in [-0.39, 0.29) is 23.7 Å². The van der Waals surface area contributed by atoms with Crippen molar-refractivity contribution in [2.45, 2.75) is 26.1 Å². The predicted molar refractivity (Wildman–Crippen MR) is 82.9 cm³/mol. The van der Waals surface area contributed by atoms with Crippen LogP contribution in [0.3, 0.4) is 0 Å². The Bertz CT molecular complexity index is 774. The lowest BCUT2D eigenvalue weighted by Gasteiger charge is -2.35. The molecular formula is C16H19N3O3. The quantitative estimate of drug-likeness (QED) is 0.793. The largest absolute Gasteiger partial charge is 0.372 e. The Morgan fingerprint density at radius 1 is 1.18 bits per heavy atom. The lowest BCUT2D eigenvalue weighted by Crippen LogP contribution is -2.48. The van der Waals surface area contributed by atoms with E-state index in [0.717, 1.165) is 0 Å². The maximum Gasteiger partial charge on any atom is 0.275 e. The number of fused-ring (bicyclic) bond motifs is 1. The summed E-state index contributed by atoms with van der Waals surface area (Å²) in [5, 5.41) is 5.31. The molecule has 1 aliphatic rings. The normalized spacial score (nSPS) is 22.0. The predicted octanol–water partition coefficient (Wildman–Crippen LogP) is 1.18. The van der Waals surface area contributed by atoms with Gasteiger partial charge in [0.05, 0.1) is 17.6 Å². The number of aryl methyl sites for hydroxylation is 1. The second-order valence-electron chi connectivity index (χ2n) is 5.79. The Labute approximate surface area is 128 Å². The van der Waals surface area contributed by atoms with Crippen LogP contribution in [0, 0.1) is 0 Å². The number of ether oxygens (including phenoxy) is 1. The first-order valence-corrected chi connectivity index (χ1v) is 7.38. The van der Waals surface area contributed by atoms with Gasteiger partial charge in [0.15, 0.2) is 5.69 Å². The minimum atomic E-state index is -0.198. The van der Waals surface area contributed by atoms with Gasteiger partial charge in [-0.2, -0.15) is 5.10 Å². The molecule has 1 amide bonds. The Morgan fingerprint density at radius 3 is 2.41 bits per heavy atom. The van der Waals surface area contributed by atoms with E-state index >= 15 is 0 Å². The van der Waals surface area contributed by atoms with Crippen LogP contribution in [0.1, 0.15) is 24.3 Å². The standard InChI is InChI=1S/C16H19N3O3/c1-10-8-19(9-11(2)22-10)16(21)14-12-6-4-5-7-13(12)15(20)18(3)17-14/h4-7,10-11H,8-9H2,1-3H3/t10-,11-/m1/s1. The summed E-state index contributed by atoms with van der Waals surface area (Å²) in [5.74, 6) is -0.159. The van der Waals surface area contributed by atoms with Gasteiger partial charge in [-0.25, -0.2) is 4.68 Å². The third-order valence-electron chi connectivity index (χ3n) is 3.87. The molecule has 0 spiro atoms. The zero-order valence-electron chi connectivity index (χ0n) is 12.9. The number of carbonyl (C=O) groups is 1. The zero-order valence-corrected chi connectivity index (χ0v) is 12.9. The fourth-order valence-electron chi connectivity index (χ4n) is 2.95. The van der Waals surface area contributed by atoms with Crippen LogP contribution in [0.15, 0.2) is 29.1 Å². The molecule has 1 fully saturated rings. The van der Waals surface area contributed by atoms with Crippen molar-refractivity contribution in [3.05, 3.63) is 40.3 Å². The van der Waals surface area contributed by atoms with Gasteiger partial charge in [0.2, 0.25) is 0 Å². The van der Waals surface area contributed by atoms with Crippen LogP contribution in [-0.4, -0.2) is 45.9 Å². The molecule has 1 saturated heterocycles. The molecule has 1 aliphatic heterocycles. The molecule has 0 saturated carbocycles. The first-order valence-electron chi connectivity index (χ1n) is 7.38. The number of hydrogen-bond donors (Lipinski definition) is 0. The molecule has 2 heterocycles. The maximum absolute atomic E-state index is 12.9. The lowest BCUT2D eigenvalue weighted by molar-refractivity contribution is -0.0587. The minimum Gasteiger partial charge on any atom is -0.372 e. The van der Waals surface area contributed by atoms with Gasteiger partial charge < -0.3 is 9.64 Å². The molecule has 6 heteroatoms. The number of aromatic nitrogens is 2. The smallest absolute Gasteiger partial charge is 0.275 e. The molecule has 1 aromatic carbocycles. The molecule has 0 aliphatic carbocycles. The highest BCUT2D eigenvalue weighted by atomic mass is 16.5. The molecule has 22 heavy (non-hydrogen) atoms. The van der Waals surface area contributed by atoms with Crippen molar-refractivity contribution in [1.82, 2.24) is 14.7 Å². The van der Waals surface area contributed by atoms with Crippen LogP contribution in [0.4, 0.5) is 0 Å². The van der Waals surface area contributed by atoms with Gasteiger partial charge in [-0.15, -0.1) is 0 Å². The summed E-state index contributed by atoms with van der Waals surface area (Å²) in [6.07, 6.45) is -0.0157. The summed E-state index contributed by atoms with van der Waals surface area (Å²) in [6.45, 7) is 4.95. The van der Waals surface area contributed by atoms with E-state index < -0.39 is 0 Å². The highest BCUT2D eigenvalue weighted by Gasteiger charge is 2.28. The van der Waals surface area contributed by atoms with Crippen LogP contribution in [0.2, 0.25) is 0 Å². The second-order valence-corrected chi connectivity index (χ2v) is 5.79. The summed E-state index contributed by atoms with van der Waals surface area (Å²) < 4.78 is 6.89. The van der Waals surface area contributed by atoms with Gasteiger partial charge in [-0.05, 0) is 19.9 Å². The molecule has 0 bridgehead atoms. The van der Waals surface area contributed by atoms with Crippen LogP contribution < -0.4 is 5.56 Å². The van der Waals surface area contributed by atoms with Gasteiger partial charge in [0.1, 0.15) is 0 Å². The number of carbonyl (C=O) groups excluding carboxylic acids is 1. The van der Waals surface area contributed by atoms with E-state index in [1.807, 2.05) is 19.9 Å². The number of rotatable bonds is 1. The average molecular weight is 301 g/mol. The van der Waals surface area contributed by atoms with Crippen molar-refractivity contribution in [1.29, 1.82) is 0 Å². The molecule has 116 valence electrons. The van der Waals surface area contributed by atoms with E-state index in [1.165, 1.54) is 4.68 Å². The topological polar surface area (TPSA) is 64.4 Å². The monoisotopic (exact) mass is 301 g/mol. The summed E-state index contributed by atoms with van der Waals surface area (Å²) >= 11 is 0. The van der Waals surface area contributed by atoms with Crippen molar-refractivity contribution in [3.63, 3.8) is 0 Å². The second kappa shape index (κ2) is 5.53. The van der Waals surface area contributed by atoms with Gasteiger partial charge in [-0.1, -0.05) is 18.2 Å². The molecular weight excluding hydrogens is 282 g/mol. The van der Waals surface area contributed by atoms with E-state index in [1.54, 1.807) is 30.1 Å². The first kappa shape index (κ1) is 14.7.